The minimum Gasteiger partial charge on any atom is -0.497 e. The molecular weight excluding hydrogens is 385 g/mol. The first kappa shape index (κ1) is 19.5. The van der Waals surface area contributed by atoms with Gasteiger partial charge >= 0.3 is 0 Å². The van der Waals surface area contributed by atoms with Crippen LogP contribution in [0.5, 0.6) is 11.5 Å². The number of aromatic nitrogens is 3. The van der Waals surface area contributed by atoms with E-state index in [1.165, 1.54) is 31.0 Å². The van der Waals surface area contributed by atoms with Gasteiger partial charge in [0.25, 0.3) is 0 Å². The summed E-state index contributed by atoms with van der Waals surface area (Å²) in [6, 6.07) is 10.9. The molecule has 0 aliphatic rings. The van der Waals surface area contributed by atoms with Gasteiger partial charge in [-0.2, -0.15) is 0 Å². The molecule has 1 amide bonds. The molecule has 0 atom stereocenters. The smallest absolute Gasteiger partial charge is 0.234 e. The van der Waals surface area contributed by atoms with E-state index in [0.717, 1.165) is 11.8 Å². The second kappa shape index (κ2) is 8.61. The molecule has 146 valence electrons. The molecule has 0 spiro atoms. The Hall–Kier alpha value is -3.27. The zero-order valence-electron chi connectivity index (χ0n) is 15.2. The van der Waals surface area contributed by atoms with Crippen molar-refractivity contribution in [2.75, 3.05) is 31.1 Å². The lowest BCUT2D eigenvalue weighted by atomic mass is 10.2. The lowest BCUT2D eigenvalue weighted by molar-refractivity contribution is -0.113. The van der Waals surface area contributed by atoms with Crippen LogP contribution in [0.2, 0.25) is 0 Å². The number of anilines is 1. The average Bonchev–Trinajstić information content (AvgIpc) is 3.06. The SMILES string of the molecule is COc1cc(NC(=O)CSc2nnc(-c3cccc(F)c3)n2N)cc(OC)c1. The molecule has 0 radical (unpaired) electrons. The van der Waals surface area contributed by atoms with E-state index in [1.807, 2.05) is 0 Å². The maximum Gasteiger partial charge on any atom is 0.234 e. The van der Waals surface area contributed by atoms with Crippen molar-refractivity contribution in [1.82, 2.24) is 14.9 Å². The first-order chi connectivity index (χ1) is 13.5. The van der Waals surface area contributed by atoms with Gasteiger partial charge < -0.3 is 20.6 Å². The van der Waals surface area contributed by atoms with Crippen molar-refractivity contribution in [1.29, 1.82) is 0 Å². The predicted octanol–water partition coefficient (Wildman–Crippen LogP) is 2.55. The summed E-state index contributed by atoms with van der Waals surface area (Å²) in [6.07, 6.45) is 0. The Morgan fingerprint density at radius 2 is 1.89 bits per heavy atom. The second-order valence-corrected chi connectivity index (χ2v) is 6.57. The number of carbonyl (C=O) groups is 1. The van der Waals surface area contributed by atoms with Gasteiger partial charge in [-0.15, -0.1) is 10.2 Å². The van der Waals surface area contributed by atoms with Crippen molar-refractivity contribution < 1.29 is 18.7 Å². The van der Waals surface area contributed by atoms with Crippen molar-refractivity contribution >= 4 is 23.4 Å². The van der Waals surface area contributed by atoms with Crippen LogP contribution in [0.25, 0.3) is 11.4 Å². The normalized spacial score (nSPS) is 10.5. The Morgan fingerprint density at radius 1 is 1.18 bits per heavy atom. The summed E-state index contributed by atoms with van der Waals surface area (Å²) in [7, 11) is 3.06. The Bertz CT molecular complexity index is 973. The summed E-state index contributed by atoms with van der Waals surface area (Å²) in [5.41, 5.74) is 1.03. The van der Waals surface area contributed by atoms with Crippen LogP contribution < -0.4 is 20.6 Å². The number of nitrogens with zero attached hydrogens (tertiary/aromatic N) is 3. The molecule has 0 unspecified atom stereocenters. The fourth-order valence-electron chi connectivity index (χ4n) is 2.41. The summed E-state index contributed by atoms with van der Waals surface area (Å²) < 4.78 is 25.0. The van der Waals surface area contributed by atoms with Gasteiger partial charge in [0, 0.05) is 29.4 Å². The van der Waals surface area contributed by atoms with Gasteiger partial charge in [0.1, 0.15) is 17.3 Å². The molecule has 10 heteroatoms. The highest BCUT2D eigenvalue weighted by atomic mass is 32.2. The van der Waals surface area contributed by atoms with Gasteiger partial charge in [0.15, 0.2) is 5.82 Å². The van der Waals surface area contributed by atoms with Crippen LogP contribution >= 0.6 is 11.8 Å². The van der Waals surface area contributed by atoms with E-state index in [-0.39, 0.29) is 11.7 Å². The molecule has 1 heterocycles. The number of ether oxygens (including phenoxy) is 2. The largest absolute Gasteiger partial charge is 0.497 e. The highest BCUT2D eigenvalue weighted by molar-refractivity contribution is 7.99. The van der Waals surface area contributed by atoms with Gasteiger partial charge in [0.05, 0.1) is 20.0 Å². The minimum absolute atomic E-state index is 0.0536. The predicted molar refractivity (Wildman–Crippen MR) is 104 cm³/mol. The number of carbonyl (C=O) groups excluding carboxylic acids is 1. The Labute approximate surface area is 164 Å². The molecule has 28 heavy (non-hydrogen) atoms. The zero-order valence-corrected chi connectivity index (χ0v) is 16.0. The lowest BCUT2D eigenvalue weighted by Gasteiger charge is -2.09. The number of rotatable bonds is 7. The number of amides is 1. The van der Waals surface area contributed by atoms with Crippen LogP contribution in [-0.4, -0.2) is 40.8 Å². The minimum atomic E-state index is -0.400. The summed E-state index contributed by atoms with van der Waals surface area (Å²) >= 11 is 1.11. The Balaban J connectivity index is 1.66. The summed E-state index contributed by atoms with van der Waals surface area (Å²) in [5.74, 6) is 6.79. The molecule has 2 aromatic carbocycles. The van der Waals surface area contributed by atoms with Crippen LogP contribution in [0.15, 0.2) is 47.6 Å². The first-order valence-corrected chi connectivity index (χ1v) is 9.11. The molecule has 0 aliphatic carbocycles. The van der Waals surface area contributed by atoms with Crippen molar-refractivity contribution in [3.8, 4) is 22.9 Å². The highest BCUT2D eigenvalue weighted by Crippen LogP contribution is 2.26. The van der Waals surface area contributed by atoms with Gasteiger partial charge in [-0.3, -0.25) is 4.79 Å². The molecule has 0 saturated carbocycles. The molecular formula is C18H18FN5O3S. The summed E-state index contributed by atoms with van der Waals surface area (Å²) in [4.78, 5) is 12.3. The number of nitrogen functional groups attached to an aromatic ring is 1. The van der Waals surface area contributed by atoms with Crippen molar-refractivity contribution in [3.63, 3.8) is 0 Å². The Morgan fingerprint density at radius 3 is 2.54 bits per heavy atom. The quantitative estimate of drug-likeness (QED) is 0.461. The topological polar surface area (TPSA) is 104 Å². The van der Waals surface area contributed by atoms with Crippen LogP contribution in [-0.2, 0) is 4.79 Å². The number of thioether (sulfide) groups is 1. The third-order valence-electron chi connectivity index (χ3n) is 3.71. The fraction of sp³-hybridized carbons (Fsp3) is 0.167. The summed E-state index contributed by atoms with van der Waals surface area (Å²) in [5, 5.41) is 11.0. The lowest BCUT2D eigenvalue weighted by Crippen LogP contribution is -2.16. The van der Waals surface area contributed by atoms with Gasteiger partial charge in [0.2, 0.25) is 11.1 Å². The molecule has 0 saturated heterocycles. The van der Waals surface area contributed by atoms with E-state index in [0.29, 0.717) is 33.7 Å². The van der Waals surface area contributed by atoms with Gasteiger partial charge in [-0.05, 0) is 12.1 Å². The number of halogens is 1. The van der Waals surface area contributed by atoms with Gasteiger partial charge in [-0.25, -0.2) is 9.07 Å². The molecule has 3 aromatic rings. The molecule has 3 rings (SSSR count). The first-order valence-electron chi connectivity index (χ1n) is 8.12. The molecule has 0 bridgehead atoms. The molecule has 1 aromatic heterocycles. The van der Waals surface area contributed by atoms with E-state index < -0.39 is 5.82 Å². The molecule has 3 N–H and O–H groups in total. The van der Waals surface area contributed by atoms with E-state index in [2.05, 4.69) is 15.5 Å². The maximum absolute atomic E-state index is 13.4. The van der Waals surface area contributed by atoms with E-state index in [4.69, 9.17) is 15.3 Å². The molecule has 0 fully saturated rings. The number of methoxy groups -OCH3 is 2. The number of benzene rings is 2. The van der Waals surface area contributed by atoms with E-state index >= 15 is 0 Å². The van der Waals surface area contributed by atoms with Gasteiger partial charge in [-0.1, -0.05) is 23.9 Å². The van der Waals surface area contributed by atoms with Crippen LogP contribution in [0.4, 0.5) is 10.1 Å². The highest BCUT2D eigenvalue weighted by Gasteiger charge is 2.14. The third-order valence-corrected chi connectivity index (χ3v) is 4.66. The molecule has 0 aliphatic heterocycles. The number of hydrogen-bond donors (Lipinski definition) is 2. The second-order valence-electron chi connectivity index (χ2n) is 5.62. The Kier molecular flexibility index (Phi) is 5.99. The zero-order chi connectivity index (χ0) is 20.1. The van der Waals surface area contributed by atoms with Crippen molar-refractivity contribution in [2.24, 2.45) is 0 Å². The maximum atomic E-state index is 13.4. The van der Waals surface area contributed by atoms with Crippen molar-refractivity contribution in [2.45, 2.75) is 5.16 Å². The fourth-order valence-corrected chi connectivity index (χ4v) is 3.06. The van der Waals surface area contributed by atoms with Crippen LogP contribution in [0, 0.1) is 5.82 Å². The van der Waals surface area contributed by atoms with Crippen LogP contribution in [0.1, 0.15) is 0 Å². The van der Waals surface area contributed by atoms with E-state index in [9.17, 15) is 9.18 Å². The number of nitrogens with two attached hydrogens (primary N) is 1. The van der Waals surface area contributed by atoms with E-state index in [1.54, 1.807) is 30.3 Å². The number of hydrogen-bond acceptors (Lipinski definition) is 7. The standard InChI is InChI=1S/C18H18FN5O3S/c1-26-14-7-13(8-15(9-14)27-2)21-16(25)10-28-18-23-22-17(24(18)20)11-4-3-5-12(19)6-11/h3-9H,10,20H2,1-2H3,(H,21,25). The number of nitrogens with one attached hydrogen (secondary N) is 1. The van der Waals surface area contributed by atoms with Crippen molar-refractivity contribution in [3.05, 3.63) is 48.3 Å². The third kappa shape index (κ3) is 4.52. The summed E-state index contributed by atoms with van der Waals surface area (Å²) in [6.45, 7) is 0. The average molecular weight is 403 g/mol. The molecule has 8 nitrogen and oxygen atoms in total. The van der Waals surface area contributed by atoms with Crippen LogP contribution in [0.3, 0.4) is 0 Å². The monoisotopic (exact) mass is 403 g/mol.